The number of para-hydroxylation sites is 1. The summed E-state index contributed by atoms with van der Waals surface area (Å²) in [7, 11) is 1.33. The van der Waals surface area contributed by atoms with Crippen LogP contribution in [0.5, 0.6) is 0 Å². The van der Waals surface area contributed by atoms with Crippen molar-refractivity contribution in [3.8, 4) is 0 Å². The fourth-order valence-electron chi connectivity index (χ4n) is 3.70. The van der Waals surface area contributed by atoms with E-state index in [-0.39, 0.29) is 0 Å². The molecular formula is C24H31NO9. The minimum atomic E-state index is -1.28. The van der Waals surface area contributed by atoms with Crippen molar-refractivity contribution in [3.05, 3.63) is 42.5 Å². The summed E-state index contributed by atoms with van der Waals surface area (Å²) in [5.74, 6) is -2.10. The lowest BCUT2D eigenvalue weighted by molar-refractivity contribution is -0.300. The number of aliphatic hydroxyl groups is 1. The van der Waals surface area contributed by atoms with Crippen LogP contribution in [0.4, 0.5) is 10.5 Å². The van der Waals surface area contributed by atoms with Crippen molar-refractivity contribution >= 4 is 23.7 Å². The zero-order chi connectivity index (χ0) is 24.7. The normalized spacial score (nSPS) is 32.3. The smallest absolute Gasteiger partial charge is 0.412 e. The molecule has 2 aliphatic heterocycles. The fourth-order valence-corrected chi connectivity index (χ4v) is 3.70. The number of amides is 1. The zero-order valence-corrected chi connectivity index (χ0v) is 19.4. The Hall–Kier alpha value is -2.95. The second-order valence-corrected chi connectivity index (χ2v) is 8.37. The van der Waals surface area contributed by atoms with Gasteiger partial charge >= 0.3 is 18.0 Å². The van der Waals surface area contributed by atoms with Gasteiger partial charge in [-0.1, -0.05) is 44.2 Å². The topological polar surface area (TPSA) is 130 Å². The number of carbonyl (C=O) groups excluding carboxylic acids is 3. The number of esters is 2. The molecule has 0 radical (unpaired) electrons. The van der Waals surface area contributed by atoms with Crippen LogP contribution < -0.4 is 5.32 Å². The van der Waals surface area contributed by atoms with E-state index in [0.717, 1.165) is 0 Å². The third-order valence-corrected chi connectivity index (χ3v) is 5.72. The van der Waals surface area contributed by atoms with Crippen molar-refractivity contribution in [2.45, 2.75) is 57.4 Å². The summed E-state index contributed by atoms with van der Waals surface area (Å²) in [6.45, 7) is 2.86. The molecule has 2 N–H and O–H groups in total. The van der Waals surface area contributed by atoms with Crippen LogP contribution in [0, 0.1) is 11.8 Å². The van der Waals surface area contributed by atoms with Gasteiger partial charge in [-0.05, 0) is 25.0 Å². The number of fused-ring (bicyclic) bond motifs is 1. The minimum Gasteiger partial charge on any atom is -0.454 e. The van der Waals surface area contributed by atoms with Gasteiger partial charge in [0.15, 0.2) is 24.6 Å². The molecule has 0 spiro atoms. The molecule has 7 atom stereocenters. The number of ether oxygens (including phenoxy) is 5. The molecule has 0 unspecified atom stereocenters. The molecule has 1 saturated heterocycles. The van der Waals surface area contributed by atoms with E-state index >= 15 is 0 Å². The first-order chi connectivity index (χ1) is 16.3. The lowest BCUT2D eigenvalue weighted by Crippen LogP contribution is -2.63. The first kappa shape index (κ1) is 25.7. The van der Waals surface area contributed by atoms with E-state index in [1.54, 1.807) is 44.2 Å². The Morgan fingerprint density at radius 2 is 1.62 bits per heavy atom. The Kier molecular flexibility index (Phi) is 9.03. The standard InChI is InChI=1S/C24H31NO9/c1-14-9-7-8-10-15(2)22(28)33-20-19(32-21(14)27)18(17(13-26)31-23(20)30-3)34-24(29)25-16-11-5-4-6-12-16/h4-8,11-12,14-15,17-20,23,26H,9-10,13H2,1-3H3,(H,25,29)/t14-,15-,17+,18+,19-,20-,23-/m0/s1. The third kappa shape index (κ3) is 6.34. The maximum absolute atomic E-state index is 12.8. The molecular weight excluding hydrogens is 446 g/mol. The monoisotopic (exact) mass is 477 g/mol. The zero-order valence-electron chi connectivity index (χ0n) is 19.4. The van der Waals surface area contributed by atoms with Crippen molar-refractivity contribution < 1.29 is 43.2 Å². The number of nitrogens with one attached hydrogen (secondary N) is 1. The van der Waals surface area contributed by atoms with Gasteiger partial charge in [0.1, 0.15) is 6.10 Å². The summed E-state index contributed by atoms with van der Waals surface area (Å²) >= 11 is 0. The van der Waals surface area contributed by atoms with Gasteiger partial charge in [-0.15, -0.1) is 0 Å². The predicted molar refractivity (Wildman–Crippen MR) is 120 cm³/mol. The highest BCUT2D eigenvalue weighted by molar-refractivity contribution is 5.84. The predicted octanol–water partition coefficient (Wildman–Crippen LogP) is 2.41. The van der Waals surface area contributed by atoms with Gasteiger partial charge in [-0.25, -0.2) is 4.79 Å². The fraction of sp³-hybridized carbons (Fsp3) is 0.542. The van der Waals surface area contributed by atoms with Crippen molar-refractivity contribution in [1.29, 1.82) is 0 Å². The summed E-state index contributed by atoms with van der Waals surface area (Å²) < 4.78 is 28.0. The molecule has 0 aromatic heterocycles. The van der Waals surface area contributed by atoms with Gasteiger partial charge < -0.3 is 28.8 Å². The summed E-state index contributed by atoms with van der Waals surface area (Å²) in [6.07, 6.45) is -2.41. The molecule has 0 bridgehead atoms. The molecule has 186 valence electrons. The molecule has 2 heterocycles. The Bertz CT molecular complexity index is 874. The second-order valence-electron chi connectivity index (χ2n) is 8.37. The molecule has 34 heavy (non-hydrogen) atoms. The number of hydrogen-bond acceptors (Lipinski definition) is 9. The van der Waals surface area contributed by atoms with Crippen molar-refractivity contribution in [2.75, 3.05) is 19.0 Å². The molecule has 1 aromatic rings. The maximum Gasteiger partial charge on any atom is 0.412 e. The van der Waals surface area contributed by atoms with E-state index in [0.29, 0.717) is 18.5 Å². The number of benzene rings is 1. The third-order valence-electron chi connectivity index (χ3n) is 5.72. The van der Waals surface area contributed by atoms with E-state index < -0.39 is 67.2 Å². The number of allylic oxidation sites excluding steroid dienone is 2. The summed E-state index contributed by atoms with van der Waals surface area (Å²) in [4.78, 5) is 38.2. The quantitative estimate of drug-likeness (QED) is 0.381. The lowest BCUT2D eigenvalue weighted by Gasteiger charge is -2.44. The molecule has 10 nitrogen and oxygen atoms in total. The van der Waals surface area contributed by atoms with Crippen molar-refractivity contribution in [3.63, 3.8) is 0 Å². The Balaban J connectivity index is 1.92. The van der Waals surface area contributed by atoms with Gasteiger partial charge in [0, 0.05) is 12.8 Å². The van der Waals surface area contributed by atoms with Crippen LogP contribution in [-0.4, -0.2) is 67.6 Å². The Morgan fingerprint density at radius 3 is 2.18 bits per heavy atom. The molecule has 1 fully saturated rings. The number of methoxy groups -OCH3 is 1. The summed E-state index contributed by atoms with van der Waals surface area (Å²) in [5.41, 5.74) is 0.479. The lowest BCUT2D eigenvalue weighted by atomic mass is 9.97. The summed E-state index contributed by atoms with van der Waals surface area (Å²) in [6, 6.07) is 8.60. The maximum atomic E-state index is 12.8. The first-order valence-electron chi connectivity index (χ1n) is 11.2. The summed E-state index contributed by atoms with van der Waals surface area (Å²) in [5, 5.41) is 12.5. The van der Waals surface area contributed by atoms with Gasteiger partial charge in [0.2, 0.25) is 0 Å². The van der Waals surface area contributed by atoms with Crippen LogP contribution in [0.3, 0.4) is 0 Å². The van der Waals surface area contributed by atoms with Crippen LogP contribution in [0.15, 0.2) is 42.5 Å². The molecule has 1 aromatic carbocycles. The van der Waals surface area contributed by atoms with Gasteiger partial charge in [-0.2, -0.15) is 0 Å². The molecule has 0 saturated carbocycles. The molecule has 2 aliphatic rings. The van der Waals surface area contributed by atoms with Gasteiger partial charge in [0.05, 0.1) is 18.4 Å². The van der Waals surface area contributed by atoms with Crippen LogP contribution in [0.2, 0.25) is 0 Å². The highest BCUT2D eigenvalue weighted by atomic mass is 16.7. The van der Waals surface area contributed by atoms with E-state index in [1.165, 1.54) is 7.11 Å². The average Bonchev–Trinajstić information content (AvgIpc) is 2.83. The number of rotatable bonds is 4. The minimum absolute atomic E-state index is 0.408. The van der Waals surface area contributed by atoms with Gasteiger partial charge in [0.25, 0.3) is 0 Å². The van der Waals surface area contributed by atoms with Crippen molar-refractivity contribution in [2.24, 2.45) is 11.8 Å². The highest BCUT2D eigenvalue weighted by Gasteiger charge is 2.53. The van der Waals surface area contributed by atoms with E-state index in [4.69, 9.17) is 23.7 Å². The number of aliphatic hydroxyl groups excluding tert-OH is 1. The van der Waals surface area contributed by atoms with E-state index in [1.807, 2.05) is 12.2 Å². The first-order valence-corrected chi connectivity index (χ1v) is 11.2. The number of anilines is 1. The Labute approximate surface area is 198 Å². The largest absolute Gasteiger partial charge is 0.454 e. The van der Waals surface area contributed by atoms with Crippen LogP contribution in [-0.2, 0) is 33.3 Å². The van der Waals surface area contributed by atoms with Crippen LogP contribution in [0.1, 0.15) is 26.7 Å². The van der Waals surface area contributed by atoms with E-state index in [9.17, 15) is 19.5 Å². The number of carbonyl (C=O) groups is 3. The molecule has 3 rings (SSSR count). The average molecular weight is 478 g/mol. The van der Waals surface area contributed by atoms with E-state index in [2.05, 4.69) is 5.32 Å². The number of hydrogen-bond donors (Lipinski definition) is 2. The van der Waals surface area contributed by atoms with Crippen LogP contribution in [0.25, 0.3) is 0 Å². The van der Waals surface area contributed by atoms with Crippen molar-refractivity contribution in [1.82, 2.24) is 0 Å². The Morgan fingerprint density at radius 1 is 1.03 bits per heavy atom. The molecule has 0 aliphatic carbocycles. The molecule has 10 heteroatoms. The second kappa shape index (κ2) is 12.0. The molecule has 1 amide bonds. The highest BCUT2D eigenvalue weighted by Crippen LogP contribution is 2.31. The van der Waals surface area contributed by atoms with Gasteiger partial charge in [-0.3, -0.25) is 14.9 Å². The van der Waals surface area contributed by atoms with Crippen LogP contribution >= 0.6 is 0 Å². The SMILES string of the molecule is CO[C@H]1O[C@H](CO)[C@@H](OC(=O)Nc2ccccc2)[C@@H]2OC(=O)[C@@H](C)CC=CC[C@H](C)C(=O)O[C@H]12.